The number of amides is 2. The number of likely N-dealkylation sites (tertiary alicyclic amines) is 1. The number of piperidine rings is 1. The topological polar surface area (TPSA) is 61.4 Å². The van der Waals surface area contributed by atoms with Crippen molar-refractivity contribution in [3.8, 4) is 0 Å². The van der Waals surface area contributed by atoms with Crippen LogP contribution in [0.25, 0.3) is 0 Å². The molecule has 1 saturated heterocycles. The van der Waals surface area contributed by atoms with E-state index in [0.717, 1.165) is 32.5 Å². The van der Waals surface area contributed by atoms with Gasteiger partial charge in [0.05, 0.1) is 17.2 Å². The number of rotatable bonds is 6. The lowest BCUT2D eigenvalue weighted by molar-refractivity contribution is -0.121. The predicted octanol–water partition coefficient (Wildman–Crippen LogP) is 3.98. The highest BCUT2D eigenvalue weighted by Gasteiger charge is 2.26. The maximum absolute atomic E-state index is 12.9. The molecule has 5 nitrogen and oxygen atoms in total. The number of nitrogens with one attached hydrogen (secondary N) is 2. The molecule has 1 aliphatic rings. The second-order valence-corrected chi connectivity index (χ2v) is 8.23. The smallest absolute Gasteiger partial charge is 0.253 e. The molecule has 2 aromatic rings. The summed E-state index contributed by atoms with van der Waals surface area (Å²) >= 11 is 0. The zero-order valence-corrected chi connectivity index (χ0v) is 17.6. The van der Waals surface area contributed by atoms with Crippen LogP contribution in [0.4, 0.5) is 5.69 Å². The van der Waals surface area contributed by atoms with Crippen molar-refractivity contribution in [1.29, 1.82) is 0 Å². The molecule has 1 fully saturated rings. The van der Waals surface area contributed by atoms with E-state index < -0.39 is 0 Å². The molecule has 0 saturated carbocycles. The summed E-state index contributed by atoms with van der Waals surface area (Å²) in [5, 5.41) is 5.89. The number of hydrogen-bond acceptors (Lipinski definition) is 3. The van der Waals surface area contributed by atoms with Gasteiger partial charge in [-0.3, -0.25) is 14.5 Å². The second kappa shape index (κ2) is 9.70. The molecular weight excluding hydrogens is 362 g/mol. The van der Waals surface area contributed by atoms with Gasteiger partial charge in [0.1, 0.15) is 0 Å². The van der Waals surface area contributed by atoms with Crippen LogP contribution in [0.3, 0.4) is 0 Å². The number of nitrogens with zero attached hydrogens (tertiary/aromatic N) is 1. The Labute approximate surface area is 173 Å². The third kappa shape index (κ3) is 5.91. The minimum absolute atomic E-state index is 0.0104. The van der Waals surface area contributed by atoms with Crippen molar-refractivity contribution in [3.05, 3.63) is 65.2 Å². The molecule has 0 spiro atoms. The lowest BCUT2D eigenvalue weighted by atomic mass is 9.96. The van der Waals surface area contributed by atoms with Gasteiger partial charge < -0.3 is 10.6 Å². The van der Waals surface area contributed by atoms with E-state index in [1.54, 1.807) is 12.1 Å². The molecule has 0 aliphatic carbocycles. The van der Waals surface area contributed by atoms with Gasteiger partial charge in [-0.25, -0.2) is 0 Å². The Morgan fingerprint density at radius 3 is 2.69 bits per heavy atom. The lowest BCUT2D eigenvalue weighted by Gasteiger charge is -2.32. The third-order valence-corrected chi connectivity index (χ3v) is 5.21. The number of para-hydroxylation sites is 1. The summed E-state index contributed by atoms with van der Waals surface area (Å²) in [6, 6.07) is 15.8. The molecule has 5 heteroatoms. The van der Waals surface area contributed by atoms with Crippen molar-refractivity contribution < 1.29 is 9.59 Å². The summed E-state index contributed by atoms with van der Waals surface area (Å²) in [6.45, 7) is 8.54. The number of anilines is 1. The number of aryl methyl sites for hydroxylation is 1. The van der Waals surface area contributed by atoms with E-state index in [0.29, 0.717) is 11.3 Å². The van der Waals surface area contributed by atoms with E-state index >= 15 is 0 Å². The monoisotopic (exact) mass is 393 g/mol. The lowest BCUT2D eigenvalue weighted by Crippen LogP contribution is -2.40. The molecule has 0 bridgehead atoms. The Morgan fingerprint density at radius 2 is 1.93 bits per heavy atom. The minimum Gasteiger partial charge on any atom is -0.350 e. The van der Waals surface area contributed by atoms with E-state index in [9.17, 15) is 9.59 Å². The van der Waals surface area contributed by atoms with E-state index in [1.165, 1.54) is 11.1 Å². The van der Waals surface area contributed by atoms with Crippen molar-refractivity contribution in [2.45, 2.75) is 46.2 Å². The Bertz CT molecular complexity index is 863. The van der Waals surface area contributed by atoms with Gasteiger partial charge in [0, 0.05) is 19.1 Å². The van der Waals surface area contributed by atoms with Crippen LogP contribution in [-0.4, -0.2) is 35.8 Å². The van der Waals surface area contributed by atoms with Crippen LogP contribution < -0.4 is 10.6 Å². The van der Waals surface area contributed by atoms with Gasteiger partial charge in [0.25, 0.3) is 5.91 Å². The summed E-state index contributed by atoms with van der Waals surface area (Å²) in [7, 11) is 0. The molecular formula is C24H31N3O2. The normalized spacial score (nSPS) is 17.2. The van der Waals surface area contributed by atoms with Crippen LogP contribution in [0.1, 0.15) is 48.2 Å². The SMILES string of the molecule is Cc1cccc(CN2CCCC(C(=O)Nc3ccccc3C(=O)NC(C)C)C2)c1. The first kappa shape index (κ1) is 21.1. The maximum atomic E-state index is 12.9. The predicted molar refractivity (Wildman–Crippen MR) is 117 cm³/mol. The third-order valence-electron chi connectivity index (χ3n) is 5.21. The van der Waals surface area contributed by atoms with Gasteiger partial charge in [-0.05, 0) is 57.9 Å². The fourth-order valence-corrected chi connectivity index (χ4v) is 3.85. The zero-order chi connectivity index (χ0) is 20.8. The Hall–Kier alpha value is -2.66. The molecule has 2 N–H and O–H groups in total. The average Bonchev–Trinajstić information content (AvgIpc) is 2.68. The summed E-state index contributed by atoms with van der Waals surface area (Å²) in [5.74, 6) is -0.251. The summed E-state index contributed by atoms with van der Waals surface area (Å²) in [6.07, 6.45) is 1.87. The Kier molecular flexibility index (Phi) is 7.04. The molecule has 0 aromatic heterocycles. The Morgan fingerprint density at radius 1 is 1.14 bits per heavy atom. The first-order valence-electron chi connectivity index (χ1n) is 10.4. The van der Waals surface area contributed by atoms with Crippen molar-refractivity contribution in [2.75, 3.05) is 18.4 Å². The number of benzene rings is 2. The van der Waals surface area contributed by atoms with Gasteiger partial charge in [0.2, 0.25) is 5.91 Å². The summed E-state index contributed by atoms with van der Waals surface area (Å²) in [4.78, 5) is 27.7. The first-order chi connectivity index (χ1) is 13.9. The van der Waals surface area contributed by atoms with Crippen LogP contribution in [0.2, 0.25) is 0 Å². The second-order valence-electron chi connectivity index (χ2n) is 8.23. The average molecular weight is 394 g/mol. The summed E-state index contributed by atoms with van der Waals surface area (Å²) < 4.78 is 0. The van der Waals surface area contributed by atoms with E-state index in [4.69, 9.17) is 0 Å². The number of carbonyl (C=O) groups excluding carboxylic acids is 2. The standard InChI is InChI=1S/C24H31N3O2/c1-17(2)25-24(29)21-11-4-5-12-22(21)26-23(28)20-10-7-13-27(16-20)15-19-9-6-8-18(3)14-19/h4-6,8-9,11-12,14,17,20H,7,10,13,15-16H2,1-3H3,(H,25,29)(H,26,28). The van der Waals surface area contributed by atoms with Crippen molar-refractivity contribution in [2.24, 2.45) is 5.92 Å². The van der Waals surface area contributed by atoms with Crippen LogP contribution in [0.15, 0.2) is 48.5 Å². The quantitative estimate of drug-likeness (QED) is 0.780. The summed E-state index contributed by atoms with van der Waals surface area (Å²) in [5.41, 5.74) is 3.61. The molecule has 1 unspecified atom stereocenters. The van der Waals surface area contributed by atoms with Crippen molar-refractivity contribution >= 4 is 17.5 Å². The largest absolute Gasteiger partial charge is 0.350 e. The van der Waals surface area contributed by atoms with Gasteiger partial charge in [-0.2, -0.15) is 0 Å². The number of carbonyl (C=O) groups is 2. The van der Waals surface area contributed by atoms with Crippen molar-refractivity contribution in [1.82, 2.24) is 10.2 Å². The molecule has 3 rings (SSSR count). The first-order valence-corrected chi connectivity index (χ1v) is 10.4. The highest BCUT2D eigenvalue weighted by molar-refractivity contribution is 6.04. The highest BCUT2D eigenvalue weighted by atomic mass is 16.2. The molecule has 1 heterocycles. The van der Waals surface area contributed by atoms with E-state index in [-0.39, 0.29) is 23.8 Å². The molecule has 1 aliphatic heterocycles. The maximum Gasteiger partial charge on any atom is 0.253 e. The fraction of sp³-hybridized carbons (Fsp3) is 0.417. The fourth-order valence-electron chi connectivity index (χ4n) is 3.85. The Balaban J connectivity index is 1.64. The van der Waals surface area contributed by atoms with Gasteiger partial charge in [0.15, 0.2) is 0 Å². The van der Waals surface area contributed by atoms with E-state index in [1.807, 2.05) is 26.0 Å². The number of hydrogen-bond donors (Lipinski definition) is 2. The van der Waals surface area contributed by atoms with Crippen LogP contribution in [0, 0.1) is 12.8 Å². The molecule has 154 valence electrons. The van der Waals surface area contributed by atoms with Crippen LogP contribution >= 0.6 is 0 Å². The van der Waals surface area contributed by atoms with Crippen LogP contribution in [-0.2, 0) is 11.3 Å². The minimum atomic E-state index is -0.166. The van der Waals surface area contributed by atoms with Gasteiger partial charge in [-0.1, -0.05) is 42.0 Å². The van der Waals surface area contributed by atoms with E-state index in [2.05, 4.69) is 46.7 Å². The van der Waals surface area contributed by atoms with Crippen LogP contribution in [0.5, 0.6) is 0 Å². The van der Waals surface area contributed by atoms with Gasteiger partial charge >= 0.3 is 0 Å². The molecule has 29 heavy (non-hydrogen) atoms. The molecule has 2 aromatic carbocycles. The molecule has 2 amide bonds. The molecule has 0 radical (unpaired) electrons. The van der Waals surface area contributed by atoms with Crippen molar-refractivity contribution in [3.63, 3.8) is 0 Å². The van der Waals surface area contributed by atoms with Gasteiger partial charge in [-0.15, -0.1) is 0 Å². The zero-order valence-electron chi connectivity index (χ0n) is 17.6. The molecule has 1 atom stereocenters. The highest BCUT2D eigenvalue weighted by Crippen LogP contribution is 2.22.